The maximum absolute atomic E-state index is 12.3. The highest BCUT2D eigenvalue weighted by molar-refractivity contribution is 6.31. The third kappa shape index (κ3) is 4.28. The number of amides is 1. The Balaban J connectivity index is 1.73. The number of nitrogens with zero attached hydrogens (tertiary/aromatic N) is 2. The quantitative estimate of drug-likeness (QED) is 0.756. The third-order valence-electron chi connectivity index (χ3n) is 5.75. The molecular formula is C21H30ClN3O3. The number of rotatable bonds is 3. The number of aromatic nitrogens is 2. The number of likely N-dealkylation sites (tertiary alicyclic amines) is 1. The fourth-order valence-electron chi connectivity index (χ4n) is 4.02. The molecule has 28 heavy (non-hydrogen) atoms. The zero-order valence-electron chi connectivity index (χ0n) is 17.3. The molecule has 154 valence electrons. The summed E-state index contributed by atoms with van der Waals surface area (Å²) in [7, 11) is 0. The Morgan fingerprint density at radius 3 is 2.54 bits per heavy atom. The lowest BCUT2D eigenvalue weighted by atomic mass is 9.68. The van der Waals surface area contributed by atoms with Crippen LogP contribution >= 0.6 is 11.6 Å². The van der Waals surface area contributed by atoms with E-state index in [-0.39, 0.29) is 17.4 Å². The van der Waals surface area contributed by atoms with Gasteiger partial charge in [-0.1, -0.05) is 25.4 Å². The summed E-state index contributed by atoms with van der Waals surface area (Å²) in [5, 5.41) is 19.7. The maximum atomic E-state index is 12.3. The summed E-state index contributed by atoms with van der Waals surface area (Å²) in [6.45, 7) is 11.0. The summed E-state index contributed by atoms with van der Waals surface area (Å²) in [6, 6.07) is 3.63. The topological polar surface area (TPSA) is 78.5 Å². The van der Waals surface area contributed by atoms with Crippen molar-refractivity contribution in [2.24, 2.45) is 11.3 Å². The van der Waals surface area contributed by atoms with Crippen molar-refractivity contribution in [3.63, 3.8) is 0 Å². The molecule has 1 fully saturated rings. The van der Waals surface area contributed by atoms with Gasteiger partial charge in [0.1, 0.15) is 5.60 Å². The number of aromatic amines is 1. The zero-order chi connectivity index (χ0) is 20.7. The minimum Gasteiger partial charge on any atom is -0.444 e. The van der Waals surface area contributed by atoms with Crippen LogP contribution in [-0.4, -0.2) is 45.0 Å². The summed E-state index contributed by atoms with van der Waals surface area (Å²) in [4.78, 5) is 14.1. The Labute approximate surface area is 171 Å². The fourth-order valence-corrected chi connectivity index (χ4v) is 4.25. The predicted octanol–water partition coefficient (Wildman–Crippen LogP) is 4.92. The third-order valence-corrected chi connectivity index (χ3v) is 5.97. The molecule has 0 aliphatic carbocycles. The van der Waals surface area contributed by atoms with Gasteiger partial charge in [-0.2, -0.15) is 5.10 Å². The Morgan fingerprint density at radius 2 is 1.93 bits per heavy atom. The Kier molecular flexibility index (Phi) is 5.65. The second-order valence-electron chi connectivity index (χ2n) is 9.29. The summed E-state index contributed by atoms with van der Waals surface area (Å²) >= 11 is 6.25. The number of carbonyl (C=O) groups is 1. The number of nitrogens with one attached hydrogen (secondary N) is 1. The number of carbonyl (C=O) groups excluding carboxylic acids is 1. The monoisotopic (exact) mass is 407 g/mol. The van der Waals surface area contributed by atoms with E-state index in [4.69, 9.17) is 16.3 Å². The molecule has 1 aliphatic heterocycles. The van der Waals surface area contributed by atoms with Crippen LogP contribution in [0.15, 0.2) is 18.3 Å². The van der Waals surface area contributed by atoms with E-state index in [9.17, 15) is 9.90 Å². The van der Waals surface area contributed by atoms with Crippen molar-refractivity contribution in [2.75, 3.05) is 13.1 Å². The first kappa shape index (κ1) is 20.9. The van der Waals surface area contributed by atoms with Crippen LogP contribution in [0.4, 0.5) is 4.79 Å². The zero-order valence-corrected chi connectivity index (χ0v) is 18.0. The summed E-state index contributed by atoms with van der Waals surface area (Å²) in [6.07, 6.45) is 2.41. The van der Waals surface area contributed by atoms with Crippen LogP contribution in [0.5, 0.6) is 0 Å². The average Bonchev–Trinajstić information content (AvgIpc) is 3.07. The van der Waals surface area contributed by atoms with E-state index < -0.39 is 11.7 Å². The Morgan fingerprint density at radius 1 is 1.29 bits per heavy atom. The molecular weight excluding hydrogens is 378 g/mol. The van der Waals surface area contributed by atoms with E-state index in [0.717, 1.165) is 29.3 Å². The molecule has 1 aliphatic rings. The highest BCUT2D eigenvalue weighted by atomic mass is 35.5. The summed E-state index contributed by atoms with van der Waals surface area (Å²) < 4.78 is 5.48. The van der Waals surface area contributed by atoms with Gasteiger partial charge in [-0.3, -0.25) is 5.10 Å². The fraction of sp³-hybridized carbons (Fsp3) is 0.619. The van der Waals surface area contributed by atoms with Crippen molar-refractivity contribution in [1.29, 1.82) is 0 Å². The number of halogens is 1. The molecule has 2 N–H and O–H groups in total. The van der Waals surface area contributed by atoms with Gasteiger partial charge >= 0.3 is 6.09 Å². The molecule has 0 saturated carbocycles. The molecule has 7 heteroatoms. The Bertz CT molecular complexity index is 848. The van der Waals surface area contributed by atoms with Gasteiger partial charge in [0.25, 0.3) is 0 Å². The predicted molar refractivity (Wildman–Crippen MR) is 110 cm³/mol. The largest absolute Gasteiger partial charge is 0.444 e. The van der Waals surface area contributed by atoms with Crippen LogP contribution in [-0.2, 0) is 4.74 Å². The van der Waals surface area contributed by atoms with Gasteiger partial charge in [0.15, 0.2) is 0 Å². The first-order chi connectivity index (χ1) is 13.0. The van der Waals surface area contributed by atoms with Gasteiger partial charge in [0, 0.05) is 23.5 Å². The molecule has 1 saturated heterocycles. The van der Waals surface area contributed by atoms with Gasteiger partial charge < -0.3 is 14.7 Å². The van der Waals surface area contributed by atoms with Crippen LogP contribution in [0.1, 0.15) is 59.1 Å². The lowest BCUT2D eigenvalue weighted by Gasteiger charge is -2.43. The number of hydrogen-bond acceptors (Lipinski definition) is 4. The van der Waals surface area contributed by atoms with Crippen LogP contribution < -0.4 is 0 Å². The Hall–Kier alpha value is -1.79. The first-order valence-corrected chi connectivity index (χ1v) is 10.2. The molecule has 0 unspecified atom stereocenters. The van der Waals surface area contributed by atoms with Crippen molar-refractivity contribution in [3.8, 4) is 0 Å². The normalized spacial score (nSPS) is 17.8. The number of aliphatic hydroxyl groups is 1. The van der Waals surface area contributed by atoms with E-state index >= 15 is 0 Å². The molecule has 1 amide bonds. The SMILES string of the molecule is CC(C)(C)OC(=O)N1CCC(C(C)(C)[C@@H](O)c2cc(Cl)cc3[nH]ncc23)CC1. The molecule has 1 atom stereocenters. The number of fused-ring (bicyclic) bond motifs is 1. The number of benzene rings is 1. The number of aliphatic hydroxyl groups excluding tert-OH is 1. The van der Waals surface area contributed by atoms with E-state index in [2.05, 4.69) is 24.0 Å². The van der Waals surface area contributed by atoms with Gasteiger partial charge in [-0.25, -0.2) is 4.79 Å². The second kappa shape index (κ2) is 7.56. The van der Waals surface area contributed by atoms with Crippen LogP contribution in [0.3, 0.4) is 0 Å². The lowest BCUT2D eigenvalue weighted by molar-refractivity contribution is -0.0253. The van der Waals surface area contributed by atoms with Crippen molar-refractivity contribution < 1.29 is 14.6 Å². The van der Waals surface area contributed by atoms with Crippen molar-refractivity contribution in [2.45, 2.75) is 59.2 Å². The van der Waals surface area contributed by atoms with Gasteiger partial charge in [-0.15, -0.1) is 0 Å². The molecule has 0 radical (unpaired) electrons. The van der Waals surface area contributed by atoms with E-state index in [1.807, 2.05) is 32.9 Å². The maximum Gasteiger partial charge on any atom is 0.410 e. The highest BCUT2D eigenvalue weighted by Crippen LogP contribution is 2.46. The molecule has 1 aromatic carbocycles. The second-order valence-corrected chi connectivity index (χ2v) is 9.73. The molecule has 3 rings (SSSR count). The number of ether oxygens (including phenoxy) is 1. The minimum absolute atomic E-state index is 0.265. The molecule has 0 spiro atoms. The van der Waals surface area contributed by atoms with Crippen molar-refractivity contribution in [3.05, 3.63) is 28.9 Å². The van der Waals surface area contributed by atoms with E-state index in [1.54, 1.807) is 11.1 Å². The number of piperidine rings is 1. The average molecular weight is 408 g/mol. The lowest BCUT2D eigenvalue weighted by Crippen LogP contribution is -2.45. The highest BCUT2D eigenvalue weighted by Gasteiger charge is 2.40. The smallest absolute Gasteiger partial charge is 0.410 e. The van der Waals surface area contributed by atoms with Crippen molar-refractivity contribution >= 4 is 28.6 Å². The standard InChI is InChI=1S/C21H30ClN3O3/c1-20(2,3)28-19(27)25-8-6-13(7-9-25)21(4,5)18(26)15-10-14(22)11-17-16(15)12-23-24-17/h10-13,18,26H,6-9H2,1-5H3,(H,23,24)/t18-/m0/s1. The van der Waals surface area contributed by atoms with Gasteiger partial charge in [0.2, 0.25) is 0 Å². The number of H-pyrrole nitrogens is 1. The molecule has 0 bridgehead atoms. The number of hydrogen-bond donors (Lipinski definition) is 2. The summed E-state index contributed by atoms with van der Waals surface area (Å²) in [5.74, 6) is 0.266. The molecule has 6 nitrogen and oxygen atoms in total. The van der Waals surface area contributed by atoms with E-state index in [1.165, 1.54) is 0 Å². The molecule has 2 heterocycles. The first-order valence-electron chi connectivity index (χ1n) is 9.77. The van der Waals surface area contributed by atoms with Crippen LogP contribution in [0, 0.1) is 11.3 Å². The minimum atomic E-state index is -0.690. The van der Waals surface area contributed by atoms with Crippen LogP contribution in [0.25, 0.3) is 10.9 Å². The molecule has 2 aromatic rings. The van der Waals surface area contributed by atoms with E-state index in [0.29, 0.717) is 18.1 Å². The molecule has 1 aromatic heterocycles. The summed E-state index contributed by atoms with van der Waals surface area (Å²) in [5.41, 5.74) is 0.730. The van der Waals surface area contributed by atoms with Gasteiger partial charge in [0.05, 0.1) is 17.8 Å². The van der Waals surface area contributed by atoms with Gasteiger partial charge in [-0.05, 0) is 62.6 Å². The van der Waals surface area contributed by atoms with Crippen LogP contribution in [0.2, 0.25) is 5.02 Å². The van der Waals surface area contributed by atoms with Crippen molar-refractivity contribution in [1.82, 2.24) is 15.1 Å².